The minimum Gasteiger partial charge on any atom is -0.399 e. The van der Waals surface area contributed by atoms with Gasteiger partial charge in [0.25, 0.3) is 0 Å². The van der Waals surface area contributed by atoms with E-state index in [4.69, 9.17) is 17.3 Å². The molecule has 4 nitrogen and oxygen atoms in total. The second kappa shape index (κ2) is 6.08. The van der Waals surface area contributed by atoms with E-state index < -0.39 is 0 Å². The summed E-state index contributed by atoms with van der Waals surface area (Å²) < 4.78 is 0. The van der Waals surface area contributed by atoms with Crippen molar-refractivity contribution < 1.29 is 4.79 Å². The molecule has 2 rings (SSSR count). The van der Waals surface area contributed by atoms with E-state index >= 15 is 0 Å². The Morgan fingerprint density at radius 1 is 1.53 bits per heavy atom. The first kappa shape index (κ1) is 13.9. The number of nitrogens with one attached hydrogen (secondary N) is 1. The summed E-state index contributed by atoms with van der Waals surface area (Å²) in [6.07, 6.45) is 3.18. The summed E-state index contributed by atoms with van der Waals surface area (Å²) in [7, 11) is 0. The smallest absolute Gasteiger partial charge is 0.238 e. The van der Waals surface area contributed by atoms with E-state index in [-0.39, 0.29) is 5.91 Å². The van der Waals surface area contributed by atoms with Gasteiger partial charge < -0.3 is 11.1 Å². The van der Waals surface area contributed by atoms with E-state index in [1.165, 1.54) is 5.57 Å². The number of amides is 1. The van der Waals surface area contributed by atoms with Crippen LogP contribution in [-0.2, 0) is 4.79 Å². The lowest BCUT2D eigenvalue weighted by atomic mass is 10.1. The number of nitrogens with zero attached hydrogens (tertiary/aromatic N) is 1. The van der Waals surface area contributed by atoms with Crippen molar-refractivity contribution in [2.24, 2.45) is 0 Å². The summed E-state index contributed by atoms with van der Waals surface area (Å²) in [5.74, 6) is -0.0690. The lowest BCUT2D eigenvalue weighted by Gasteiger charge is -2.24. The van der Waals surface area contributed by atoms with Crippen molar-refractivity contribution in [2.45, 2.75) is 13.3 Å². The van der Waals surface area contributed by atoms with Crippen LogP contribution in [0.2, 0.25) is 5.02 Å². The Balaban J connectivity index is 1.92. The lowest BCUT2D eigenvalue weighted by molar-refractivity contribution is -0.117. The Hall–Kier alpha value is -1.52. The molecular formula is C14H18ClN3O. The number of halogens is 1. The fourth-order valence-electron chi connectivity index (χ4n) is 1.99. The molecule has 1 aliphatic heterocycles. The number of rotatable bonds is 3. The first-order valence-corrected chi connectivity index (χ1v) is 6.65. The zero-order valence-electron chi connectivity index (χ0n) is 10.9. The van der Waals surface area contributed by atoms with Crippen molar-refractivity contribution in [3.8, 4) is 0 Å². The Bertz CT molecular complexity index is 513. The maximum absolute atomic E-state index is 12.0. The fourth-order valence-corrected chi connectivity index (χ4v) is 2.15. The SMILES string of the molecule is CC1=CCN(CC(=O)Nc2cc(N)ccc2Cl)CC1. The minimum atomic E-state index is -0.0690. The van der Waals surface area contributed by atoms with Crippen LogP contribution in [0.4, 0.5) is 11.4 Å². The number of hydrogen-bond acceptors (Lipinski definition) is 3. The lowest BCUT2D eigenvalue weighted by Crippen LogP contribution is -2.36. The van der Waals surface area contributed by atoms with Gasteiger partial charge in [-0.25, -0.2) is 0 Å². The Labute approximate surface area is 118 Å². The van der Waals surface area contributed by atoms with Crippen molar-refractivity contribution in [3.63, 3.8) is 0 Å². The highest BCUT2D eigenvalue weighted by Gasteiger charge is 2.14. The summed E-state index contributed by atoms with van der Waals surface area (Å²) in [6, 6.07) is 5.05. The Morgan fingerprint density at radius 3 is 3.00 bits per heavy atom. The minimum absolute atomic E-state index is 0.0690. The molecule has 0 aliphatic carbocycles. The van der Waals surface area contributed by atoms with Crippen molar-refractivity contribution in [2.75, 3.05) is 30.7 Å². The second-order valence-electron chi connectivity index (χ2n) is 4.82. The highest BCUT2D eigenvalue weighted by Crippen LogP contribution is 2.24. The van der Waals surface area contributed by atoms with E-state index in [1.807, 2.05) is 0 Å². The van der Waals surface area contributed by atoms with Crippen LogP contribution in [0.15, 0.2) is 29.8 Å². The number of nitrogen functional groups attached to an aromatic ring is 1. The number of hydrogen-bond donors (Lipinski definition) is 2. The molecule has 0 saturated carbocycles. The van der Waals surface area contributed by atoms with Crippen molar-refractivity contribution >= 4 is 28.9 Å². The summed E-state index contributed by atoms with van der Waals surface area (Å²) >= 11 is 6.01. The fraction of sp³-hybridized carbons (Fsp3) is 0.357. The summed E-state index contributed by atoms with van der Waals surface area (Å²) in [5, 5.41) is 3.29. The first-order chi connectivity index (χ1) is 9.04. The summed E-state index contributed by atoms with van der Waals surface area (Å²) in [6.45, 7) is 4.23. The monoisotopic (exact) mass is 279 g/mol. The predicted molar refractivity (Wildman–Crippen MR) is 79.3 cm³/mol. The molecule has 0 spiro atoms. The quantitative estimate of drug-likeness (QED) is 0.660. The molecule has 1 aromatic carbocycles. The maximum Gasteiger partial charge on any atom is 0.238 e. The van der Waals surface area contributed by atoms with E-state index in [0.717, 1.165) is 19.5 Å². The molecule has 0 saturated heterocycles. The molecule has 0 aromatic heterocycles. The van der Waals surface area contributed by atoms with Crippen LogP contribution in [0.5, 0.6) is 0 Å². The van der Waals surface area contributed by atoms with Gasteiger partial charge in [-0.15, -0.1) is 0 Å². The first-order valence-electron chi connectivity index (χ1n) is 6.27. The molecule has 0 unspecified atom stereocenters. The molecule has 3 N–H and O–H groups in total. The molecule has 19 heavy (non-hydrogen) atoms. The van der Waals surface area contributed by atoms with Crippen LogP contribution in [0.3, 0.4) is 0 Å². The van der Waals surface area contributed by atoms with Crippen LogP contribution in [-0.4, -0.2) is 30.4 Å². The third-order valence-electron chi connectivity index (χ3n) is 3.15. The van der Waals surface area contributed by atoms with Gasteiger partial charge >= 0.3 is 0 Å². The molecule has 0 bridgehead atoms. The van der Waals surface area contributed by atoms with Gasteiger partial charge in [0.2, 0.25) is 5.91 Å². The number of nitrogens with two attached hydrogens (primary N) is 1. The number of anilines is 2. The molecule has 102 valence electrons. The third kappa shape index (κ3) is 3.98. The molecule has 0 fully saturated rings. The van der Waals surface area contributed by atoms with Crippen LogP contribution < -0.4 is 11.1 Å². The molecule has 1 aliphatic rings. The van der Waals surface area contributed by atoms with Crippen LogP contribution in [0.25, 0.3) is 0 Å². The molecule has 5 heteroatoms. The van der Waals surface area contributed by atoms with Gasteiger partial charge in [0.05, 0.1) is 17.3 Å². The average Bonchev–Trinajstić information content (AvgIpc) is 2.37. The predicted octanol–water partition coefficient (Wildman–Crippen LogP) is 2.51. The van der Waals surface area contributed by atoms with Gasteiger partial charge in [-0.05, 0) is 31.5 Å². The molecule has 1 heterocycles. The van der Waals surface area contributed by atoms with Gasteiger partial charge in [0, 0.05) is 18.8 Å². The zero-order valence-corrected chi connectivity index (χ0v) is 11.7. The van der Waals surface area contributed by atoms with Gasteiger partial charge in [0.15, 0.2) is 0 Å². The average molecular weight is 280 g/mol. The highest BCUT2D eigenvalue weighted by molar-refractivity contribution is 6.33. The van der Waals surface area contributed by atoms with Gasteiger partial charge in [-0.2, -0.15) is 0 Å². The van der Waals surface area contributed by atoms with Gasteiger partial charge in [-0.1, -0.05) is 23.3 Å². The van der Waals surface area contributed by atoms with E-state index in [0.29, 0.717) is 22.9 Å². The van der Waals surface area contributed by atoms with E-state index in [2.05, 4.69) is 23.2 Å². The summed E-state index contributed by atoms with van der Waals surface area (Å²) in [4.78, 5) is 14.1. The molecule has 0 radical (unpaired) electrons. The van der Waals surface area contributed by atoms with Crippen LogP contribution >= 0.6 is 11.6 Å². The topological polar surface area (TPSA) is 58.4 Å². The Morgan fingerprint density at radius 2 is 2.32 bits per heavy atom. The van der Waals surface area contributed by atoms with E-state index in [1.54, 1.807) is 18.2 Å². The third-order valence-corrected chi connectivity index (χ3v) is 3.48. The molecule has 0 atom stereocenters. The van der Waals surface area contributed by atoms with Crippen molar-refractivity contribution in [1.82, 2.24) is 4.90 Å². The van der Waals surface area contributed by atoms with Gasteiger partial charge in [-0.3, -0.25) is 9.69 Å². The van der Waals surface area contributed by atoms with Crippen molar-refractivity contribution in [1.29, 1.82) is 0 Å². The largest absolute Gasteiger partial charge is 0.399 e. The van der Waals surface area contributed by atoms with Crippen LogP contribution in [0.1, 0.15) is 13.3 Å². The van der Waals surface area contributed by atoms with Crippen LogP contribution in [0, 0.1) is 0 Å². The number of benzene rings is 1. The molecular weight excluding hydrogens is 262 g/mol. The van der Waals surface area contributed by atoms with E-state index in [9.17, 15) is 4.79 Å². The standard InChI is InChI=1S/C14H18ClN3O/c1-10-4-6-18(7-5-10)9-14(19)17-13-8-11(16)2-3-12(13)15/h2-4,8H,5-7,9,16H2,1H3,(H,17,19). The number of carbonyl (C=O) groups is 1. The number of carbonyl (C=O) groups excluding carboxylic acids is 1. The normalized spacial score (nSPS) is 16.0. The van der Waals surface area contributed by atoms with Gasteiger partial charge in [0.1, 0.15) is 0 Å². The van der Waals surface area contributed by atoms with Crippen molar-refractivity contribution in [3.05, 3.63) is 34.9 Å². The zero-order chi connectivity index (χ0) is 13.8. The Kier molecular flexibility index (Phi) is 4.45. The molecule has 1 amide bonds. The molecule has 1 aromatic rings. The highest BCUT2D eigenvalue weighted by atomic mass is 35.5. The second-order valence-corrected chi connectivity index (χ2v) is 5.23. The maximum atomic E-state index is 12.0. The summed E-state index contributed by atoms with van der Waals surface area (Å²) in [5.41, 5.74) is 8.20.